The first kappa shape index (κ1) is 20.7. The lowest BCUT2D eigenvalue weighted by Gasteiger charge is -2.47. The van der Waals surface area contributed by atoms with E-state index in [4.69, 9.17) is 16.6 Å². The summed E-state index contributed by atoms with van der Waals surface area (Å²) in [6.45, 7) is 0. The van der Waals surface area contributed by atoms with Crippen molar-refractivity contribution in [3.63, 3.8) is 0 Å². The molecule has 3 saturated carbocycles. The van der Waals surface area contributed by atoms with Crippen molar-refractivity contribution >= 4 is 29.2 Å². The molecule has 10 heteroatoms. The minimum Gasteiger partial charge on any atom is -0.481 e. The second-order valence-corrected chi connectivity index (χ2v) is 8.03. The predicted molar refractivity (Wildman–Crippen MR) is 114 cm³/mol. The first-order chi connectivity index (χ1) is 14.9. The molecule has 31 heavy (non-hydrogen) atoms. The number of aromatic nitrogens is 2. The Morgan fingerprint density at radius 3 is 2.58 bits per heavy atom. The number of anilines is 1. The highest BCUT2D eigenvalue weighted by atomic mass is 19.1. The van der Waals surface area contributed by atoms with E-state index in [9.17, 15) is 14.3 Å². The molecular weight excluding hydrogens is 401 g/mol. The molecule has 0 amide bonds. The summed E-state index contributed by atoms with van der Waals surface area (Å²) in [5.41, 5.74) is 5.79. The van der Waals surface area contributed by atoms with Crippen LogP contribution in [0.3, 0.4) is 0 Å². The van der Waals surface area contributed by atoms with Crippen molar-refractivity contribution in [3.8, 4) is 0 Å². The van der Waals surface area contributed by atoms with Crippen LogP contribution in [0.2, 0.25) is 0 Å². The molecule has 0 radical (unpaired) electrons. The average molecular weight is 425 g/mol. The summed E-state index contributed by atoms with van der Waals surface area (Å²) in [6, 6.07) is 3.94. The molecule has 9 nitrogen and oxygen atoms in total. The number of fused-ring (bicyclic) bond motifs is 3. The molecule has 2 aromatic heterocycles. The van der Waals surface area contributed by atoms with Gasteiger partial charge in [-0.1, -0.05) is 0 Å². The van der Waals surface area contributed by atoms with Crippen molar-refractivity contribution < 1.29 is 14.3 Å². The van der Waals surface area contributed by atoms with E-state index in [2.05, 4.69) is 20.3 Å². The van der Waals surface area contributed by atoms with E-state index in [0.29, 0.717) is 0 Å². The van der Waals surface area contributed by atoms with Gasteiger partial charge in [-0.05, 0) is 55.7 Å². The number of rotatable bonds is 5. The van der Waals surface area contributed by atoms with Gasteiger partial charge < -0.3 is 21.1 Å². The van der Waals surface area contributed by atoms with Crippen molar-refractivity contribution in [2.24, 2.45) is 22.7 Å². The zero-order valence-corrected chi connectivity index (χ0v) is 16.7. The number of halogens is 1. The number of nitrogens with zero attached hydrogens (tertiary/aromatic N) is 2. The summed E-state index contributed by atoms with van der Waals surface area (Å²) in [5.74, 6) is -2.25. The number of pyridine rings is 1. The largest absolute Gasteiger partial charge is 0.481 e. The van der Waals surface area contributed by atoms with Crippen molar-refractivity contribution in [1.29, 1.82) is 10.8 Å². The minimum absolute atomic E-state index is 0.00325. The predicted octanol–water partition coefficient (Wildman–Crippen LogP) is 2.40. The lowest BCUT2D eigenvalue weighted by Crippen LogP contribution is -2.56. The molecule has 3 aliphatic carbocycles. The van der Waals surface area contributed by atoms with E-state index in [1.807, 2.05) is 0 Å². The van der Waals surface area contributed by atoms with Gasteiger partial charge in [-0.25, -0.2) is 14.4 Å². The highest BCUT2D eigenvalue weighted by Crippen LogP contribution is 2.45. The number of carbonyl (C=O) groups is 1. The number of nitrogen functional groups attached to an aromatic ring is 1. The smallest absolute Gasteiger partial charge is 0.308 e. The maximum atomic E-state index is 14.4. The molecule has 0 aliphatic heterocycles. The maximum absolute atomic E-state index is 14.4. The molecule has 7 N–H and O–H groups in total. The Bertz CT molecular complexity index is 1060. The van der Waals surface area contributed by atoms with Crippen LogP contribution in [0, 0.1) is 34.4 Å². The van der Waals surface area contributed by atoms with Gasteiger partial charge in [-0.2, -0.15) is 0 Å². The summed E-state index contributed by atoms with van der Waals surface area (Å²) in [7, 11) is 0. The highest BCUT2D eigenvalue weighted by Gasteiger charge is 2.47. The van der Waals surface area contributed by atoms with Crippen LogP contribution in [0.15, 0.2) is 35.6 Å². The van der Waals surface area contributed by atoms with Crippen molar-refractivity contribution in [3.05, 3.63) is 47.7 Å². The van der Waals surface area contributed by atoms with Crippen LogP contribution in [-0.4, -0.2) is 44.5 Å². The molecule has 0 saturated heterocycles. The zero-order valence-electron chi connectivity index (χ0n) is 16.7. The van der Waals surface area contributed by atoms with E-state index in [-0.39, 0.29) is 40.5 Å². The normalized spacial score (nSPS) is 25.3. The fourth-order valence-electron chi connectivity index (χ4n) is 4.79. The second kappa shape index (κ2) is 8.29. The van der Waals surface area contributed by atoms with E-state index in [0.717, 1.165) is 25.7 Å². The molecule has 2 atom stereocenters. The Morgan fingerprint density at radius 2 is 1.97 bits per heavy atom. The van der Waals surface area contributed by atoms with E-state index in [1.165, 1.54) is 18.5 Å². The highest BCUT2D eigenvalue weighted by molar-refractivity contribution is 6.47. The lowest BCUT2D eigenvalue weighted by molar-refractivity contribution is -0.149. The van der Waals surface area contributed by atoms with Gasteiger partial charge in [0, 0.05) is 24.0 Å². The Kier molecular flexibility index (Phi) is 5.53. The number of carboxylic acid groups (broad SMARTS) is 1. The minimum atomic E-state index is -0.885. The number of amidine groups is 2. The molecule has 0 spiro atoms. The van der Waals surface area contributed by atoms with Crippen LogP contribution in [0.1, 0.15) is 36.9 Å². The molecule has 2 bridgehead atoms. The van der Waals surface area contributed by atoms with Crippen molar-refractivity contribution in [2.75, 3.05) is 5.73 Å². The van der Waals surface area contributed by atoms with Gasteiger partial charge in [0.05, 0.1) is 5.92 Å². The summed E-state index contributed by atoms with van der Waals surface area (Å²) >= 11 is 0. The third-order valence-electron chi connectivity index (χ3n) is 6.31. The number of hydrogen-bond donors (Lipinski definition) is 6. The van der Waals surface area contributed by atoms with Gasteiger partial charge in [-0.3, -0.25) is 15.6 Å². The van der Waals surface area contributed by atoms with Crippen LogP contribution in [0.4, 0.5) is 10.2 Å². The Morgan fingerprint density at radius 1 is 1.26 bits per heavy atom. The third-order valence-corrected chi connectivity index (χ3v) is 6.31. The summed E-state index contributed by atoms with van der Waals surface area (Å²) in [5, 5.41) is 29.5. The fourth-order valence-corrected chi connectivity index (χ4v) is 4.79. The first-order valence-electron chi connectivity index (χ1n) is 10.2. The van der Waals surface area contributed by atoms with Crippen molar-refractivity contribution in [1.82, 2.24) is 15.3 Å². The van der Waals surface area contributed by atoms with E-state index in [1.54, 1.807) is 12.1 Å². The quantitative estimate of drug-likeness (QED) is 0.319. The molecule has 162 valence electrons. The standard InChI is InChI=1S/C21H24FN7O2/c22-13-7-9-26-17(13)20(29-19(25)15(23)12-2-1-8-27-18(12)24)28-16-11-5-3-10(4-6-11)14(16)21(30)31/h1-2,7-11,14,16,23,26H,3-6H2,(H2,24,27)(H,30,31)(H2,25,28,29)/t10?,11?,14-,16-/m0/s1. The molecule has 2 heterocycles. The van der Waals surface area contributed by atoms with Gasteiger partial charge in [0.1, 0.15) is 17.2 Å². The monoisotopic (exact) mass is 425 g/mol. The number of H-pyrrole nitrogens is 1. The number of nitrogens with two attached hydrogens (primary N) is 1. The molecule has 3 fully saturated rings. The van der Waals surface area contributed by atoms with Crippen LogP contribution in [-0.2, 0) is 4.79 Å². The Labute approximate surface area is 178 Å². The number of aliphatic carboxylic acids is 1. The first-order valence-corrected chi connectivity index (χ1v) is 10.2. The molecule has 0 unspecified atom stereocenters. The average Bonchev–Trinajstić information content (AvgIpc) is 3.19. The number of nitrogens with one attached hydrogen (secondary N) is 4. The number of hydrogen-bond acceptors (Lipinski definition) is 5. The van der Waals surface area contributed by atoms with Gasteiger partial charge in [0.15, 0.2) is 17.5 Å². The van der Waals surface area contributed by atoms with E-state index >= 15 is 0 Å². The van der Waals surface area contributed by atoms with Gasteiger partial charge in [0.2, 0.25) is 0 Å². The second-order valence-electron chi connectivity index (χ2n) is 8.03. The zero-order chi connectivity index (χ0) is 22.1. The lowest BCUT2D eigenvalue weighted by atomic mass is 9.61. The van der Waals surface area contributed by atoms with Gasteiger partial charge in [0.25, 0.3) is 0 Å². The van der Waals surface area contributed by atoms with Crippen LogP contribution in [0.5, 0.6) is 0 Å². The molecule has 5 rings (SSSR count). The number of aliphatic imine (C=N–C) groups is 1. The third kappa shape index (κ3) is 3.92. The summed E-state index contributed by atoms with van der Waals surface area (Å²) < 4.78 is 14.4. The van der Waals surface area contributed by atoms with Crippen LogP contribution >= 0.6 is 0 Å². The van der Waals surface area contributed by atoms with Gasteiger partial charge in [-0.15, -0.1) is 0 Å². The maximum Gasteiger partial charge on any atom is 0.308 e. The van der Waals surface area contributed by atoms with E-state index < -0.39 is 29.6 Å². The van der Waals surface area contributed by atoms with Gasteiger partial charge >= 0.3 is 5.97 Å². The molecular formula is C21H24FN7O2. The number of aromatic amines is 1. The fraction of sp³-hybridized carbons (Fsp3) is 0.381. The Balaban J connectivity index is 1.68. The summed E-state index contributed by atoms with van der Waals surface area (Å²) in [4.78, 5) is 22.8. The topological polar surface area (TPSA) is 164 Å². The van der Waals surface area contributed by atoms with Crippen LogP contribution < -0.4 is 11.1 Å². The van der Waals surface area contributed by atoms with Crippen molar-refractivity contribution in [2.45, 2.75) is 31.7 Å². The number of carboxylic acids is 1. The molecule has 0 aromatic carbocycles. The molecule has 3 aliphatic rings. The Hall–Kier alpha value is -3.56. The van der Waals surface area contributed by atoms with Crippen LogP contribution in [0.25, 0.3) is 0 Å². The SMILES string of the molecule is N=C(/N=C(/N[C@H]1C2CCC(CC2)[C@@H]1C(=O)O)c1[nH]ccc1F)C(=N)c1cccnc1N. The summed E-state index contributed by atoms with van der Waals surface area (Å²) in [6.07, 6.45) is 6.40. The molecule has 2 aromatic rings.